The van der Waals surface area contributed by atoms with Crippen molar-refractivity contribution in [1.29, 1.82) is 0 Å². The highest BCUT2D eigenvalue weighted by molar-refractivity contribution is 5.89. The maximum Gasteiger partial charge on any atom is 0.338 e. The Morgan fingerprint density at radius 1 is 1.15 bits per heavy atom. The van der Waals surface area contributed by atoms with Gasteiger partial charge in [0, 0.05) is 6.54 Å². The standard InChI is InChI=1S/C16H25NO2.ClH/c1-16(2,3)14-9-7-13(8-10-14)15(18)19-12-6-11-17(4)5;/h7-10H,6,11-12H2,1-5H3;1H. The predicted molar refractivity (Wildman–Crippen MR) is 85.8 cm³/mol. The molecule has 1 rings (SSSR count). The second-order valence-corrected chi connectivity index (χ2v) is 6.12. The van der Waals surface area contributed by atoms with Gasteiger partial charge in [-0.25, -0.2) is 4.79 Å². The number of hydrogen-bond acceptors (Lipinski definition) is 3. The van der Waals surface area contributed by atoms with Crippen LogP contribution in [0.25, 0.3) is 0 Å². The molecule has 0 aliphatic carbocycles. The maximum absolute atomic E-state index is 11.8. The number of halogens is 1. The van der Waals surface area contributed by atoms with Crippen molar-refractivity contribution in [3.63, 3.8) is 0 Å². The zero-order chi connectivity index (χ0) is 14.5. The van der Waals surface area contributed by atoms with Gasteiger partial charge in [0.1, 0.15) is 0 Å². The van der Waals surface area contributed by atoms with Crippen molar-refractivity contribution in [1.82, 2.24) is 4.90 Å². The molecule has 3 nitrogen and oxygen atoms in total. The number of carbonyl (C=O) groups is 1. The molecule has 0 aromatic heterocycles. The molecule has 114 valence electrons. The Bertz CT molecular complexity index is 407. The van der Waals surface area contributed by atoms with Crippen LogP contribution in [-0.2, 0) is 10.2 Å². The molecule has 0 saturated heterocycles. The van der Waals surface area contributed by atoms with Crippen molar-refractivity contribution in [2.24, 2.45) is 0 Å². The van der Waals surface area contributed by atoms with E-state index in [0.717, 1.165) is 13.0 Å². The van der Waals surface area contributed by atoms with Crippen molar-refractivity contribution < 1.29 is 9.53 Å². The van der Waals surface area contributed by atoms with Crippen LogP contribution in [0.15, 0.2) is 24.3 Å². The van der Waals surface area contributed by atoms with Gasteiger partial charge >= 0.3 is 5.97 Å². The van der Waals surface area contributed by atoms with Crippen molar-refractivity contribution >= 4 is 18.4 Å². The van der Waals surface area contributed by atoms with Crippen molar-refractivity contribution in [3.8, 4) is 0 Å². The summed E-state index contributed by atoms with van der Waals surface area (Å²) in [6.45, 7) is 7.86. The van der Waals surface area contributed by atoms with Gasteiger partial charge in [-0.15, -0.1) is 12.4 Å². The summed E-state index contributed by atoms with van der Waals surface area (Å²) in [5, 5.41) is 0. The summed E-state index contributed by atoms with van der Waals surface area (Å²) in [5.74, 6) is -0.237. The zero-order valence-electron chi connectivity index (χ0n) is 13.1. The van der Waals surface area contributed by atoms with Crippen LogP contribution in [-0.4, -0.2) is 38.1 Å². The van der Waals surface area contributed by atoms with E-state index in [-0.39, 0.29) is 23.8 Å². The zero-order valence-corrected chi connectivity index (χ0v) is 13.9. The maximum atomic E-state index is 11.8. The molecule has 0 bridgehead atoms. The molecular weight excluding hydrogens is 274 g/mol. The summed E-state index contributed by atoms with van der Waals surface area (Å²) in [4.78, 5) is 13.9. The van der Waals surface area contributed by atoms with Gasteiger partial charge in [0.2, 0.25) is 0 Å². The van der Waals surface area contributed by atoms with Crippen LogP contribution < -0.4 is 0 Å². The second-order valence-electron chi connectivity index (χ2n) is 6.12. The molecule has 0 spiro atoms. The molecule has 1 aromatic rings. The highest BCUT2D eigenvalue weighted by Crippen LogP contribution is 2.22. The normalized spacial score (nSPS) is 11.1. The van der Waals surface area contributed by atoms with E-state index in [1.807, 2.05) is 38.4 Å². The molecule has 0 N–H and O–H groups in total. The Morgan fingerprint density at radius 2 is 1.70 bits per heavy atom. The van der Waals surface area contributed by atoms with Gasteiger partial charge in [0.15, 0.2) is 0 Å². The first-order valence-corrected chi connectivity index (χ1v) is 6.73. The number of esters is 1. The fraction of sp³-hybridized carbons (Fsp3) is 0.562. The van der Waals surface area contributed by atoms with Crippen LogP contribution in [0.5, 0.6) is 0 Å². The van der Waals surface area contributed by atoms with Crippen molar-refractivity contribution in [2.45, 2.75) is 32.6 Å². The van der Waals surface area contributed by atoms with Gasteiger partial charge in [-0.1, -0.05) is 32.9 Å². The molecule has 0 saturated carbocycles. The molecule has 0 heterocycles. The van der Waals surface area contributed by atoms with E-state index in [0.29, 0.717) is 12.2 Å². The van der Waals surface area contributed by atoms with Gasteiger partial charge in [-0.2, -0.15) is 0 Å². The fourth-order valence-electron chi connectivity index (χ4n) is 1.74. The molecule has 0 unspecified atom stereocenters. The molecule has 0 radical (unpaired) electrons. The van der Waals surface area contributed by atoms with Gasteiger partial charge in [0.05, 0.1) is 12.2 Å². The van der Waals surface area contributed by atoms with Crippen LogP contribution in [0.2, 0.25) is 0 Å². The minimum absolute atomic E-state index is 0. The Labute approximate surface area is 128 Å². The molecule has 20 heavy (non-hydrogen) atoms. The summed E-state index contributed by atoms with van der Waals surface area (Å²) in [6.07, 6.45) is 0.860. The first kappa shape index (κ1) is 18.9. The lowest BCUT2D eigenvalue weighted by atomic mass is 9.87. The van der Waals surface area contributed by atoms with Crippen molar-refractivity contribution in [3.05, 3.63) is 35.4 Å². The molecule has 0 amide bonds. The summed E-state index contributed by atoms with van der Waals surface area (Å²) in [7, 11) is 4.01. The van der Waals surface area contributed by atoms with E-state index in [1.54, 1.807) is 0 Å². The minimum Gasteiger partial charge on any atom is -0.462 e. The lowest BCUT2D eigenvalue weighted by molar-refractivity contribution is 0.0493. The van der Waals surface area contributed by atoms with Crippen molar-refractivity contribution in [2.75, 3.05) is 27.2 Å². The molecule has 1 aromatic carbocycles. The number of rotatable bonds is 5. The third kappa shape index (κ3) is 6.40. The quantitative estimate of drug-likeness (QED) is 0.615. The van der Waals surface area contributed by atoms with Gasteiger partial charge in [-0.05, 0) is 43.6 Å². The van der Waals surface area contributed by atoms with Crippen LogP contribution in [0.4, 0.5) is 0 Å². The van der Waals surface area contributed by atoms with E-state index < -0.39 is 0 Å². The summed E-state index contributed by atoms with van der Waals surface area (Å²) >= 11 is 0. The van der Waals surface area contributed by atoms with E-state index in [1.165, 1.54) is 5.56 Å². The number of benzene rings is 1. The largest absolute Gasteiger partial charge is 0.462 e. The van der Waals surface area contributed by atoms with E-state index in [2.05, 4.69) is 25.7 Å². The SMILES string of the molecule is CN(C)CCCOC(=O)c1ccc(C(C)(C)C)cc1.Cl. The second kappa shape index (κ2) is 8.28. The average Bonchev–Trinajstić information content (AvgIpc) is 2.33. The predicted octanol–water partition coefficient (Wildman–Crippen LogP) is 3.51. The van der Waals surface area contributed by atoms with Crippen LogP contribution in [0.3, 0.4) is 0 Å². The van der Waals surface area contributed by atoms with Crippen LogP contribution in [0.1, 0.15) is 43.1 Å². The Morgan fingerprint density at radius 3 is 2.15 bits per heavy atom. The first-order valence-electron chi connectivity index (χ1n) is 6.73. The molecule has 0 aliphatic rings. The smallest absolute Gasteiger partial charge is 0.338 e. The Balaban J connectivity index is 0.00000361. The fourth-order valence-corrected chi connectivity index (χ4v) is 1.74. The average molecular weight is 300 g/mol. The molecule has 0 atom stereocenters. The Hall–Kier alpha value is -1.06. The summed E-state index contributed by atoms with van der Waals surface area (Å²) in [5.41, 5.74) is 1.95. The van der Waals surface area contributed by atoms with E-state index in [4.69, 9.17) is 4.74 Å². The summed E-state index contributed by atoms with van der Waals surface area (Å²) < 4.78 is 5.24. The Kier molecular flexibility index (Phi) is 7.84. The number of ether oxygens (including phenoxy) is 1. The minimum atomic E-state index is -0.237. The van der Waals surface area contributed by atoms with E-state index >= 15 is 0 Å². The van der Waals surface area contributed by atoms with Gasteiger partial charge in [0.25, 0.3) is 0 Å². The summed E-state index contributed by atoms with van der Waals surface area (Å²) in [6, 6.07) is 7.68. The van der Waals surface area contributed by atoms with E-state index in [9.17, 15) is 4.79 Å². The lowest BCUT2D eigenvalue weighted by Crippen LogP contribution is -2.16. The highest BCUT2D eigenvalue weighted by atomic mass is 35.5. The molecular formula is C16H26ClNO2. The molecule has 4 heteroatoms. The topological polar surface area (TPSA) is 29.5 Å². The lowest BCUT2D eigenvalue weighted by Gasteiger charge is -2.19. The van der Waals surface area contributed by atoms with Gasteiger partial charge < -0.3 is 9.64 Å². The first-order chi connectivity index (χ1) is 8.80. The molecule has 0 aliphatic heterocycles. The van der Waals surface area contributed by atoms with Crippen LogP contribution in [0, 0.1) is 0 Å². The monoisotopic (exact) mass is 299 g/mol. The highest BCUT2D eigenvalue weighted by Gasteiger charge is 2.14. The van der Waals surface area contributed by atoms with Gasteiger partial charge in [-0.3, -0.25) is 0 Å². The number of hydrogen-bond donors (Lipinski definition) is 0. The number of nitrogens with zero attached hydrogens (tertiary/aromatic N) is 1. The molecule has 0 fully saturated rings. The van der Waals surface area contributed by atoms with Crippen LogP contribution >= 0.6 is 12.4 Å². The number of carbonyl (C=O) groups excluding carboxylic acids is 1. The third-order valence-electron chi connectivity index (χ3n) is 2.97. The third-order valence-corrected chi connectivity index (χ3v) is 2.97.